The Hall–Kier alpha value is -3.70. The molecule has 2 aromatic carbocycles. The Labute approximate surface area is 199 Å². The van der Waals surface area contributed by atoms with E-state index in [0.717, 1.165) is 18.7 Å². The fourth-order valence-electron chi connectivity index (χ4n) is 3.96. The van der Waals surface area contributed by atoms with Gasteiger partial charge in [-0.1, -0.05) is 0 Å². The van der Waals surface area contributed by atoms with Crippen molar-refractivity contribution in [2.75, 3.05) is 56.7 Å². The number of piperazine rings is 1. The van der Waals surface area contributed by atoms with Crippen LogP contribution in [0.4, 0.5) is 16.5 Å². The van der Waals surface area contributed by atoms with Gasteiger partial charge in [0.1, 0.15) is 18.9 Å². The van der Waals surface area contributed by atoms with Crippen molar-refractivity contribution >= 4 is 33.8 Å². The lowest BCUT2D eigenvalue weighted by molar-refractivity contribution is -0.384. The predicted octanol–water partition coefficient (Wildman–Crippen LogP) is 3.49. The van der Waals surface area contributed by atoms with Crippen LogP contribution in [0.2, 0.25) is 0 Å². The zero-order valence-electron chi connectivity index (χ0n) is 18.5. The maximum absolute atomic E-state index is 12.8. The maximum atomic E-state index is 12.8. The molecular formula is C23H23N5O5S. The van der Waals surface area contributed by atoms with Gasteiger partial charge >= 0.3 is 0 Å². The summed E-state index contributed by atoms with van der Waals surface area (Å²) in [7, 11) is 2.02. The molecule has 1 fully saturated rings. The Morgan fingerprint density at radius 1 is 1.09 bits per heavy atom. The van der Waals surface area contributed by atoms with E-state index in [1.165, 1.54) is 17.4 Å². The third-order valence-corrected chi connectivity index (χ3v) is 6.60. The van der Waals surface area contributed by atoms with Crippen LogP contribution in [0.3, 0.4) is 0 Å². The number of hydrogen-bond donors (Lipinski definition) is 1. The number of nitro benzene ring substituents is 1. The second kappa shape index (κ2) is 9.27. The van der Waals surface area contributed by atoms with E-state index in [4.69, 9.17) is 9.47 Å². The van der Waals surface area contributed by atoms with Gasteiger partial charge in [0.05, 0.1) is 10.6 Å². The van der Waals surface area contributed by atoms with Crippen molar-refractivity contribution in [3.63, 3.8) is 0 Å². The number of anilines is 2. The van der Waals surface area contributed by atoms with Gasteiger partial charge in [-0.2, -0.15) is 0 Å². The zero-order valence-corrected chi connectivity index (χ0v) is 19.3. The number of nitrogens with zero attached hydrogens (tertiary/aromatic N) is 4. The summed E-state index contributed by atoms with van der Waals surface area (Å²) in [4.78, 5) is 32.8. The third kappa shape index (κ3) is 4.52. The van der Waals surface area contributed by atoms with Crippen LogP contribution in [0.1, 0.15) is 10.4 Å². The Balaban J connectivity index is 1.32. The fraction of sp³-hybridized carbons (Fsp3) is 0.304. The number of amides is 1. The minimum Gasteiger partial charge on any atom is -0.486 e. The summed E-state index contributed by atoms with van der Waals surface area (Å²) in [6, 6.07) is 10.2. The molecule has 1 saturated heterocycles. The molecule has 1 amide bonds. The SMILES string of the molecule is CN1CCN(c2ccc(C(=O)Nc3nc(-c4ccc5c(c4)OCCO5)cs3)cc2[N+](=O)[O-])CC1. The molecule has 0 unspecified atom stereocenters. The molecule has 176 valence electrons. The number of nitro groups is 1. The van der Waals surface area contributed by atoms with Crippen LogP contribution in [0.15, 0.2) is 41.8 Å². The molecule has 10 nitrogen and oxygen atoms in total. The molecular weight excluding hydrogens is 458 g/mol. The Morgan fingerprint density at radius 2 is 1.85 bits per heavy atom. The number of aromatic nitrogens is 1. The lowest BCUT2D eigenvalue weighted by atomic mass is 10.1. The number of rotatable bonds is 5. The first-order valence-electron chi connectivity index (χ1n) is 10.9. The first-order valence-corrected chi connectivity index (χ1v) is 11.7. The highest BCUT2D eigenvalue weighted by Crippen LogP contribution is 2.36. The van der Waals surface area contributed by atoms with Gasteiger partial charge in [-0.3, -0.25) is 20.2 Å². The van der Waals surface area contributed by atoms with Crippen LogP contribution in [0.5, 0.6) is 11.5 Å². The number of thiazole rings is 1. The molecule has 0 atom stereocenters. The summed E-state index contributed by atoms with van der Waals surface area (Å²) in [6.07, 6.45) is 0. The normalized spacial score (nSPS) is 15.7. The van der Waals surface area contributed by atoms with Crippen LogP contribution in [-0.2, 0) is 0 Å². The fourth-order valence-corrected chi connectivity index (χ4v) is 4.68. The first kappa shape index (κ1) is 22.1. The summed E-state index contributed by atoms with van der Waals surface area (Å²) in [5.74, 6) is 0.909. The van der Waals surface area contributed by atoms with E-state index in [0.29, 0.717) is 54.3 Å². The van der Waals surface area contributed by atoms with Crippen LogP contribution in [0.25, 0.3) is 11.3 Å². The van der Waals surface area contributed by atoms with E-state index in [9.17, 15) is 14.9 Å². The average molecular weight is 482 g/mol. The number of benzene rings is 2. The van der Waals surface area contributed by atoms with Crippen LogP contribution >= 0.6 is 11.3 Å². The molecule has 2 aliphatic rings. The minimum atomic E-state index is -0.448. The minimum absolute atomic E-state index is 0.0756. The van der Waals surface area contributed by atoms with E-state index in [1.54, 1.807) is 12.1 Å². The molecule has 5 rings (SSSR count). The molecule has 0 aliphatic carbocycles. The second-order valence-corrected chi connectivity index (χ2v) is 8.96. The molecule has 0 radical (unpaired) electrons. The summed E-state index contributed by atoms with van der Waals surface area (Å²) >= 11 is 1.28. The van der Waals surface area contributed by atoms with Gasteiger partial charge in [-0.25, -0.2) is 4.98 Å². The van der Waals surface area contributed by atoms with E-state index >= 15 is 0 Å². The summed E-state index contributed by atoms with van der Waals surface area (Å²) in [5.41, 5.74) is 2.19. The van der Waals surface area contributed by atoms with E-state index in [-0.39, 0.29) is 11.3 Å². The van der Waals surface area contributed by atoms with Gasteiger partial charge in [-0.05, 0) is 37.4 Å². The molecule has 0 saturated carbocycles. The van der Waals surface area contributed by atoms with Crippen molar-refractivity contribution in [2.45, 2.75) is 0 Å². The Kier molecular flexibility index (Phi) is 6.03. The topological polar surface area (TPSA) is 110 Å². The van der Waals surface area contributed by atoms with Crippen LogP contribution < -0.4 is 19.7 Å². The van der Waals surface area contributed by atoms with E-state index in [1.807, 2.05) is 35.5 Å². The van der Waals surface area contributed by atoms with Crippen molar-refractivity contribution in [1.82, 2.24) is 9.88 Å². The molecule has 1 aromatic heterocycles. The number of ether oxygens (including phenoxy) is 2. The van der Waals surface area contributed by atoms with E-state index < -0.39 is 10.8 Å². The Morgan fingerprint density at radius 3 is 2.62 bits per heavy atom. The number of hydrogen-bond acceptors (Lipinski definition) is 9. The highest BCUT2D eigenvalue weighted by Gasteiger charge is 2.24. The molecule has 34 heavy (non-hydrogen) atoms. The Bertz CT molecular complexity index is 1240. The molecule has 0 spiro atoms. The predicted molar refractivity (Wildman–Crippen MR) is 129 cm³/mol. The molecule has 0 bridgehead atoms. The molecule has 3 heterocycles. The third-order valence-electron chi connectivity index (χ3n) is 5.84. The molecule has 3 aromatic rings. The lowest BCUT2D eigenvalue weighted by Crippen LogP contribution is -2.44. The van der Waals surface area contributed by atoms with Crippen molar-refractivity contribution in [3.05, 3.63) is 57.5 Å². The van der Waals surface area contributed by atoms with Gasteiger partial charge in [0.25, 0.3) is 11.6 Å². The monoisotopic (exact) mass is 481 g/mol. The first-order chi connectivity index (χ1) is 16.5. The van der Waals surface area contributed by atoms with Crippen molar-refractivity contribution in [1.29, 1.82) is 0 Å². The molecule has 11 heteroatoms. The number of likely N-dealkylation sites (N-methyl/N-ethyl adjacent to an activating group) is 1. The number of carbonyl (C=O) groups excluding carboxylic acids is 1. The van der Waals surface area contributed by atoms with Gasteiger partial charge in [0, 0.05) is 48.8 Å². The van der Waals surface area contributed by atoms with Gasteiger partial charge < -0.3 is 19.3 Å². The largest absolute Gasteiger partial charge is 0.486 e. The van der Waals surface area contributed by atoms with Crippen LogP contribution in [-0.4, -0.2) is 67.2 Å². The summed E-state index contributed by atoms with van der Waals surface area (Å²) < 4.78 is 11.2. The molecule has 2 aliphatic heterocycles. The van der Waals surface area contributed by atoms with E-state index in [2.05, 4.69) is 15.2 Å². The number of fused-ring (bicyclic) bond motifs is 1. The number of nitrogens with one attached hydrogen (secondary N) is 1. The smallest absolute Gasteiger partial charge is 0.293 e. The lowest BCUT2D eigenvalue weighted by Gasteiger charge is -2.33. The highest BCUT2D eigenvalue weighted by atomic mass is 32.1. The average Bonchev–Trinajstić information content (AvgIpc) is 3.32. The van der Waals surface area contributed by atoms with Crippen molar-refractivity contribution in [3.8, 4) is 22.8 Å². The highest BCUT2D eigenvalue weighted by molar-refractivity contribution is 7.14. The standard InChI is InChI=1S/C23H23N5O5S/c1-26-6-8-27(9-7-26)18-4-2-16(12-19(18)28(30)31)22(29)25-23-24-17(14-34-23)15-3-5-20-21(13-15)33-11-10-32-20/h2-5,12-14H,6-11H2,1H3,(H,24,25,29). The quantitative estimate of drug-likeness (QED) is 0.436. The maximum Gasteiger partial charge on any atom is 0.293 e. The molecule has 1 N–H and O–H groups in total. The summed E-state index contributed by atoms with van der Waals surface area (Å²) in [5, 5.41) is 16.7. The zero-order chi connectivity index (χ0) is 23.7. The van der Waals surface area contributed by atoms with Gasteiger partial charge in [-0.15, -0.1) is 11.3 Å². The number of carbonyl (C=O) groups is 1. The van der Waals surface area contributed by atoms with Crippen molar-refractivity contribution < 1.29 is 19.2 Å². The van der Waals surface area contributed by atoms with Gasteiger partial charge in [0.15, 0.2) is 16.6 Å². The second-order valence-electron chi connectivity index (χ2n) is 8.10. The van der Waals surface area contributed by atoms with Gasteiger partial charge in [0.2, 0.25) is 0 Å². The summed E-state index contributed by atoms with van der Waals surface area (Å²) in [6.45, 7) is 4.07. The van der Waals surface area contributed by atoms with Crippen molar-refractivity contribution in [2.24, 2.45) is 0 Å². The van der Waals surface area contributed by atoms with Crippen LogP contribution in [0, 0.1) is 10.1 Å².